The molecule has 1 aliphatic rings. The number of carbonyl (C=O) groups is 1. The number of fused-ring (bicyclic) bond motifs is 3. The molecule has 0 aromatic heterocycles. The van der Waals surface area contributed by atoms with Crippen molar-refractivity contribution in [3.8, 4) is 11.5 Å². The van der Waals surface area contributed by atoms with Gasteiger partial charge in [0.25, 0.3) is 0 Å². The third kappa shape index (κ3) is 2.70. The Morgan fingerprint density at radius 2 is 1.26 bits per heavy atom. The highest BCUT2D eigenvalue weighted by Crippen LogP contribution is 2.53. The molecule has 3 heteroatoms. The molecule has 0 heterocycles. The van der Waals surface area contributed by atoms with E-state index in [0.29, 0.717) is 0 Å². The van der Waals surface area contributed by atoms with Crippen molar-refractivity contribution in [2.24, 2.45) is 0 Å². The first-order chi connectivity index (χ1) is 15.1. The van der Waals surface area contributed by atoms with Crippen LogP contribution in [0.15, 0.2) is 84.9 Å². The van der Waals surface area contributed by atoms with E-state index in [9.17, 15) is 4.79 Å². The van der Waals surface area contributed by atoms with Crippen LogP contribution in [0, 0.1) is 0 Å². The van der Waals surface area contributed by atoms with Crippen molar-refractivity contribution in [3.63, 3.8) is 0 Å². The van der Waals surface area contributed by atoms with Gasteiger partial charge in [-0.05, 0) is 57.3 Å². The lowest BCUT2D eigenvalue weighted by atomic mass is 9.69. The molecule has 0 N–H and O–H groups in total. The lowest BCUT2D eigenvalue weighted by molar-refractivity contribution is -0.122. The summed E-state index contributed by atoms with van der Waals surface area (Å²) in [6, 6.07) is 28.3. The minimum absolute atomic E-state index is 0.189. The molecule has 5 rings (SSSR count). The standard InChI is InChI=1S/C28H24O3/c1-18-26-24-7-5-4-6-19(24)8-17-25(26)28(27(18)29,20-9-13-22(30-2)14-10-20)21-11-15-23(31-3)16-12-21/h4-18H,1-3H3. The highest BCUT2D eigenvalue weighted by Gasteiger charge is 2.53. The zero-order chi connectivity index (χ0) is 21.6. The normalized spacial score (nSPS) is 16.9. The molecule has 0 aliphatic heterocycles. The van der Waals surface area contributed by atoms with E-state index in [2.05, 4.69) is 24.3 Å². The van der Waals surface area contributed by atoms with Gasteiger partial charge in [-0.3, -0.25) is 4.79 Å². The van der Waals surface area contributed by atoms with E-state index >= 15 is 0 Å². The summed E-state index contributed by atoms with van der Waals surface area (Å²) in [4.78, 5) is 14.2. The van der Waals surface area contributed by atoms with Crippen molar-refractivity contribution in [1.29, 1.82) is 0 Å². The Labute approximate surface area is 182 Å². The molecule has 1 atom stereocenters. The molecule has 1 unspecified atom stereocenters. The summed E-state index contributed by atoms with van der Waals surface area (Å²) in [5.74, 6) is 1.51. The average molecular weight is 408 g/mol. The van der Waals surface area contributed by atoms with Gasteiger partial charge in [-0.2, -0.15) is 0 Å². The van der Waals surface area contributed by atoms with Crippen LogP contribution >= 0.6 is 0 Å². The van der Waals surface area contributed by atoms with Gasteiger partial charge < -0.3 is 9.47 Å². The Morgan fingerprint density at radius 3 is 1.81 bits per heavy atom. The first-order valence-electron chi connectivity index (χ1n) is 10.5. The molecule has 4 aromatic carbocycles. The third-order valence-electron chi connectivity index (χ3n) is 6.62. The van der Waals surface area contributed by atoms with Crippen molar-refractivity contribution in [3.05, 3.63) is 107 Å². The molecule has 0 fully saturated rings. The second-order valence-electron chi connectivity index (χ2n) is 8.04. The molecule has 0 amide bonds. The molecule has 31 heavy (non-hydrogen) atoms. The van der Waals surface area contributed by atoms with Crippen molar-refractivity contribution >= 4 is 16.6 Å². The van der Waals surface area contributed by atoms with Crippen molar-refractivity contribution in [1.82, 2.24) is 0 Å². The van der Waals surface area contributed by atoms with Crippen LogP contribution in [0.3, 0.4) is 0 Å². The van der Waals surface area contributed by atoms with Crippen LogP contribution in [0.1, 0.15) is 35.1 Å². The van der Waals surface area contributed by atoms with Crippen molar-refractivity contribution in [2.75, 3.05) is 14.2 Å². The largest absolute Gasteiger partial charge is 0.497 e. The van der Waals surface area contributed by atoms with Crippen LogP contribution in [0.2, 0.25) is 0 Å². The van der Waals surface area contributed by atoms with Gasteiger partial charge in [0.15, 0.2) is 5.78 Å². The lowest BCUT2D eigenvalue weighted by Gasteiger charge is -2.31. The number of ether oxygens (including phenoxy) is 2. The van der Waals surface area contributed by atoms with Gasteiger partial charge in [0.1, 0.15) is 16.9 Å². The molecule has 4 aromatic rings. The second kappa shape index (κ2) is 7.28. The van der Waals surface area contributed by atoms with E-state index < -0.39 is 5.41 Å². The summed E-state index contributed by atoms with van der Waals surface area (Å²) < 4.78 is 10.7. The zero-order valence-electron chi connectivity index (χ0n) is 17.9. The minimum Gasteiger partial charge on any atom is -0.497 e. The summed E-state index contributed by atoms with van der Waals surface area (Å²) in [5, 5.41) is 2.30. The SMILES string of the molecule is COc1ccc(C2(c3ccc(OC)cc3)C(=O)C(C)c3c2ccc2ccccc32)cc1. The van der Waals surface area contributed by atoms with E-state index in [1.165, 1.54) is 0 Å². The van der Waals surface area contributed by atoms with Crippen molar-refractivity contribution in [2.45, 2.75) is 18.3 Å². The maximum atomic E-state index is 14.2. The van der Waals surface area contributed by atoms with E-state index in [0.717, 1.165) is 44.5 Å². The van der Waals surface area contributed by atoms with Crippen LogP contribution in [-0.4, -0.2) is 20.0 Å². The van der Waals surface area contributed by atoms with Gasteiger partial charge in [0.2, 0.25) is 0 Å². The highest BCUT2D eigenvalue weighted by atomic mass is 16.5. The Morgan fingerprint density at radius 1 is 0.710 bits per heavy atom. The van der Waals surface area contributed by atoms with Gasteiger partial charge in [-0.25, -0.2) is 0 Å². The number of methoxy groups -OCH3 is 2. The number of hydrogen-bond donors (Lipinski definition) is 0. The van der Waals surface area contributed by atoms with Crippen LogP contribution < -0.4 is 9.47 Å². The Balaban J connectivity index is 1.86. The van der Waals surface area contributed by atoms with E-state index in [1.54, 1.807) is 14.2 Å². The molecule has 154 valence electrons. The zero-order valence-corrected chi connectivity index (χ0v) is 17.9. The maximum absolute atomic E-state index is 14.2. The second-order valence-corrected chi connectivity index (χ2v) is 8.04. The third-order valence-corrected chi connectivity index (χ3v) is 6.62. The van der Waals surface area contributed by atoms with Gasteiger partial charge in [-0.15, -0.1) is 0 Å². The van der Waals surface area contributed by atoms with Gasteiger partial charge in [0.05, 0.1) is 14.2 Å². The number of benzene rings is 4. The number of rotatable bonds is 4. The Kier molecular flexibility index (Phi) is 4.55. The molecule has 0 bridgehead atoms. The fourth-order valence-electron chi connectivity index (χ4n) is 5.12. The first-order valence-corrected chi connectivity index (χ1v) is 10.5. The summed E-state index contributed by atoms with van der Waals surface area (Å²) in [6.45, 7) is 2.03. The van der Waals surface area contributed by atoms with Crippen LogP contribution in [-0.2, 0) is 10.2 Å². The quantitative estimate of drug-likeness (QED) is 0.423. The molecular formula is C28H24O3. The number of carbonyl (C=O) groups excluding carboxylic acids is 1. The number of ketones is 1. The Hall–Kier alpha value is -3.59. The minimum atomic E-state index is -0.878. The molecule has 0 saturated heterocycles. The fourth-order valence-corrected chi connectivity index (χ4v) is 5.12. The molecule has 1 aliphatic carbocycles. The van der Waals surface area contributed by atoms with E-state index in [-0.39, 0.29) is 11.7 Å². The smallest absolute Gasteiger partial charge is 0.159 e. The predicted molar refractivity (Wildman–Crippen MR) is 123 cm³/mol. The maximum Gasteiger partial charge on any atom is 0.159 e. The van der Waals surface area contributed by atoms with Crippen LogP contribution in [0.4, 0.5) is 0 Å². The van der Waals surface area contributed by atoms with Crippen LogP contribution in [0.5, 0.6) is 11.5 Å². The molecule has 3 nitrogen and oxygen atoms in total. The number of hydrogen-bond acceptors (Lipinski definition) is 3. The summed E-state index contributed by atoms with van der Waals surface area (Å²) in [6.07, 6.45) is 0. The van der Waals surface area contributed by atoms with Gasteiger partial charge in [-0.1, -0.05) is 67.6 Å². The first kappa shape index (κ1) is 19.4. The molecular weight excluding hydrogens is 384 g/mol. The fraction of sp³-hybridized carbons (Fsp3) is 0.179. The lowest BCUT2D eigenvalue weighted by Crippen LogP contribution is -2.35. The number of Topliss-reactive ketones (excluding diaryl/α,β-unsaturated/α-hetero) is 1. The average Bonchev–Trinajstić information content (AvgIpc) is 3.07. The van der Waals surface area contributed by atoms with Crippen LogP contribution in [0.25, 0.3) is 10.8 Å². The Bertz CT molecular complexity index is 1220. The van der Waals surface area contributed by atoms with E-state index in [1.807, 2.05) is 67.6 Å². The van der Waals surface area contributed by atoms with E-state index in [4.69, 9.17) is 9.47 Å². The predicted octanol–water partition coefficient (Wildman–Crippen LogP) is 5.88. The highest BCUT2D eigenvalue weighted by molar-refractivity contribution is 6.10. The summed E-state index contributed by atoms with van der Waals surface area (Å²) >= 11 is 0. The van der Waals surface area contributed by atoms with Crippen molar-refractivity contribution < 1.29 is 14.3 Å². The summed E-state index contributed by atoms with van der Waals surface area (Å²) in [5.41, 5.74) is 3.19. The molecule has 0 radical (unpaired) electrons. The van der Waals surface area contributed by atoms with Gasteiger partial charge in [0, 0.05) is 5.92 Å². The summed E-state index contributed by atoms with van der Waals surface area (Å²) in [7, 11) is 3.30. The topological polar surface area (TPSA) is 35.5 Å². The molecule has 0 saturated carbocycles. The van der Waals surface area contributed by atoms with Gasteiger partial charge >= 0.3 is 0 Å². The monoisotopic (exact) mass is 408 g/mol. The molecule has 0 spiro atoms.